The summed E-state index contributed by atoms with van der Waals surface area (Å²) in [5.41, 5.74) is 3.12. The van der Waals surface area contributed by atoms with E-state index < -0.39 is 18.0 Å². The number of methoxy groups -OCH3 is 1. The van der Waals surface area contributed by atoms with Crippen LogP contribution in [0.1, 0.15) is 43.2 Å². The predicted octanol–water partition coefficient (Wildman–Crippen LogP) is 6.15. The number of anilines is 1. The second kappa shape index (κ2) is 12.2. The summed E-state index contributed by atoms with van der Waals surface area (Å²) in [6.45, 7) is 3.50. The number of nitrogens with zero attached hydrogens (tertiary/aromatic N) is 1. The summed E-state index contributed by atoms with van der Waals surface area (Å²) in [6.07, 6.45) is -0.589. The Balaban J connectivity index is 1.66. The number of amides is 1. The number of aromatic nitrogens is 1. The van der Waals surface area contributed by atoms with E-state index in [1.165, 1.54) is 13.2 Å². The summed E-state index contributed by atoms with van der Waals surface area (Å²) in [5.74, 6) is 1.18. The van der Waals surface area contributed by atoms with Gasteiger partial charge in [-0.15, -0.1) is 0 Å². The summed E-state index contributed by atoms with van der Waals surface area (Å²) in [5, 5.41) is 6.78. The smallest absolute Gasteiger partial charge is 0.412 e. The monoisotopic (exact) mass is 486 g/mol. The van der Waals surface area contributed by atoms with Crippen LogP contribution in [-0.4, -0.2) is 30.1 Å². The standard InChI is InChI=1S/C25H27FN2O5S/c1-4-21-23(27-25(30)32-16(2)19-7-5-6-8-20(19)26)24(33-28-21)18-11-9-17(10-12-18)15-34-14-13-22(29)31-3/h5-12,16H,4,13-15H2,1-3H3,(H,27,30). The number of halogens is 1. The lowest BCUT2D eigenvalue weighted by atomic mass is 10.1. The SMILES string of the molecule is CCc1noc(-c2ccc(CSCCC(=O)OC)cc2)c1NC(=O)OC(C)c1ccccc1F. The molecule has 0 fully saturated rings. The molecule has 0 bridgehead atoms. The van der Waals surface area contributed by atoms with Crippen molar-refractivity contribution in [3.05, 3.63) is 71.2 Å². The number of thioether (sulfide) groups is 1. The first-order chi connectivity index (χ1) is 16.4. The van der Waals surface area contributed by atoms with E-state index in [1.807, 2.05) is 31.2 Å². The maximum Gasteiger partial charge on any atom is 0.412 e. The third-order valence-corrected chi connectivity index (χ3v) is 6.15. The van der Waals surface area contributed by atoms with Gasteiger partial charge in [-0.1, -0.05) is 54.5 Å². The first-order valence-electron chi connectivity index (χ1n) is 10.9. The predicted molar refractivity (Wildman–Crippen MR) is 129 cm³/mol. The lowest BCUT2D eigenvalue weighted by Gasteiger charge is -2.15. The highest BCUT2D eigenvalue weighted by atomic mass is 32.2. The molecule has 1 amide bonds. The van der Waals surface area contributed by atoms with E-state index in [9.17, 15) is 14.0 Å². The van der Waals surface area contributed by atoms with Crippen LogP contribution in [0.25, 0.3) is 11.3 Å². The van der Waals surface area contributed by atoms with E-state index in [1.54, 1.807) is 36.9 Å². The van der Waals surface area contributed by atoms with Gasteiger partial charge in [0.05, 0.1) is 13.5 Å². The molecular formula is C25H27FN2O5S. The van der Waals surface area contributed by atoms with E-state index in [0.717, 1.165) is 16.9 Å². The molecule has 0 saturated carbocycles. The summed E-state index contributed by atoms with van der Waals surface area (Å²) in [4.78, 5) is 23.8. The highest BCUT2D eigenvalue weighted by molar-refractivity contribution is 7.98. The largest absolute Gasteiger partial charge is 0.469 e. The fourth-order valence-corrected chi connectivity index (χ4v) is 4.13. The molecule has 1 aromatic heterocycles. The number of ether oxygens (including phenoxy) is 2. The second-order valence-electron chi connectivity index (χ2n) is 7.46. The van der Waals surface area contributed by atoms with Gasteiger partial charge < -0.3 is 14.0 Å². The number of rotatable bonds is 10. The van der Waals surface area contributed by atoms with Crippen molar-refractivity contribution in [1.82, 2.24) is 5.16 Å². The van der Waals surface area contributed by atoms with E-state index in [0.29, 0.717) is 41.3 Å². The van der Waals surface area contributed by atoms with Gasteiger partial charge in [-0.2, -0.15) is 11.8 Å². The van der Waals surface area contributed by atoms with E-state index in [-0.39, 0.29) is 5.97 Å². The number of hydrogen-bond donors (Lipinski definition) is 1. The summed E-state index contributed by atoms with van der Waals surface area (Å²) in [6, 6.07) is 13.8. The molecule has 180 valence electrons. The first-order valence-corrected chi connectivity index (χ1v) is 12.0. The van der Waals surface area contributed by atoms with Gasteiger partial charge in [0.1, 0.15) is 23.3 Å². The molecule has 1 heterocycles. The highest BCUT2D eigenvalue weighted by Crippen LogP contribution is 2.33. The van der Waals surface area contributed by atoms with Crippen molar-refractivity contribution in [2.24, 2.45) is 0 Å². The molecule has 0 aliphatic carbocycles. The molecular weight excluding hydrogens is 459 g/mol. The van der Waals surface area contributed by atoms with E-state index in [2.05, 4.69) is 15.2 Å². The van der Waals surface area contributed by atoms with Gasteiger partial charge in [0.25, 0.3) is 0 Å². The van der Waals surface area contributed by atoms with Crippen LogP contribution in [0.2, 0.25) is 0 Å². The maximum absolute atomic E-state index is 14.0. The molecule has 7 nitrogen and oxygen atoms in total. The van der Waals surface area contributed by atoms with Gasteiger partial charge in [0, 0.05) is 22.6 Å². The zero-order valence-corrected chi connectivity index (χ0v) is 20.1. The Morgan fingerprint density at radius 1 is 1.18 bits per heavy atom. The number of hydrogen-bond acceptors (Lipinski definition) is 7. The molecule has 1 unspecified atom stereocenters. The molecule has 2 aromatic carbocycles. The molecule has 0 spiro atoms. The van der Waals surface area contributed by atoms with Crippen molar-refractivity contribution in [2.75, 3.05) is 18.2 Å². The normalized spacial score (nSPS) is 11.6. The molecule has 0 saturated heterocycles. The Kier molecular flexibility index (Phi) is 9.09. The fourth-order valence-electron chi connectivity index (χ4n) is 3.25. The third kappa shape index (κ3) is 6.60. The lowest BCUT2D eigenvalue weighted by Crippen LogP contribution is -2.17. The van der Waals surface area contributed by atoms with Gasteiger partial charge in [-0.05, 0) is 25.0 Å². The molecule has 3 rings (SSSR count). The molecule has 0 aliphatic heterocycles. The van der Waals surface area contributed by atoms with Crippen LogP contribution in [0.4, 0.5) is 14.9 Å². The van der Waals surface area contributed by atoms with Crippen molar-refractivity contribution in [2.45, 2.75) is 38.5 Å². The molecule has 9 heteroatoms. The summed E-state index contributed by atoms with van der Waals surface area (Å²) in [7, 11) is 1.38. The fraction of sp³-hybridized carbons (Fsp3) is 0.320. The minimum atomic E-state index is -0.773. The summed E-state index contributed by atoms with van der Waals surface area (Å²) >= 11 is 1.64. The van der Waals surface area contributed by atoms with Crippen LogP contribution >= 0.6 is 11.8 Å². The van der Waals surface area contributed by atoms with Gasteiger partial charge >= 0.3 is 12.1 Å². The molecule has 0 aliphatic rings. The number of carbonyl (C=O) groups is 2. The highest BCUT2D eigenvalue weighted by Gasteiger charge is 2.22. The Morgan fingerprint density at radius 2 is 1.91 bits per heavy atom. The maximum atomic E-state index is 14.0. The Labute approximate surface area is 202 Å². The molecule has 34 heavy (non-hydrogen) atoms. The molecule has 0 radical (unpaired) electrons. The van der Waals surface area contributed by atoms with E-state index in [4.69, 9.17) is 9.26 Å². The number of nitrogens with one attached hydrogen (secondary N) is 1. The van der Waals surface area contributed by atoms with Gasteiger partial charge in [-0.3, -0.25) is 10.1 Å². The Bertz CT molecular complexity index is 1120. The lowest BCUT2D eigenvalue weighted by molar-refractivity contribution is -0.140. The van der Waals surface area contributed by atoms with Gasteiger partial charge in [0.2, 0.25) is 0 Å². The third-order valence-electron chi connectivity index (χ3n) is 5.11. The number of esters is 1. The van der Waals surface area contributed by atoms with Crippen LogP contribution in [0.3, 0.4) is 0 Å². The molecule has 3 aromatic rings. The first kappa shape index (κ1) is 25.3. The number of aryl methyl sites for hydroxylation is 1. The van der Waals surface area contributed by atoms with Crippen molar-refractivity contribution >= 4 is 29.5 Å². The molecule has 1 N–H and O–H groups in total. The number of carbonyl (C=O) groups excluding carboxylic acids is 2. The zero-order valence-electron chi connectivity index (χ0n) is 19.3. The van der Waals surface area contributed by atoms with Crippen LogP contribution < -0.4 is 5.32 Å². The van der Waals surface area contributed by atoms with Crippen molar-refractivity contribution in [1.29, 1.82) is 0 Å². The second-order valence-corrected chi connectivity index (χ2v) is 8.56. The Hall–Kier alpha value is -3.33. The van der Waals surface area contributed by atoms with Gasteiger partial charge in [0.15, 0.2) is 5.76 Å². The van der Waals surface area contributed by atoms with E-state index >= 15 is 0 Å². The average molecular weight is 487 g/mol. The van der Waals surface area contributed by atoms with Crippen LogP contribution in [0.15, 0.2) is 53.1 Å². The minimum Gasteiger partial charge on any atom is -0.469 e. The van der Waals surface area contributed by atoms with Crippen LogP contribution in [0.5, 0.6) is 0 Å². The van der Waals surface area contributed by atoms with Crippen LogP contribution in [0, 0.1) is 5.82 Å². The Morgan fingerprint density at radius 3 is 2.59 bits per heavy atom. The summed E-state index contributed by atoms with van der Waals surface area (Å²) < 4.78 is 29.5. The topological polar surface area (TPSA) is 90.7 Å². The van der Waals surface area contributed by atoms with Crippen molar-refractivity contribution < 1.29 is 28.0 Å². The van der Waals surface area contributed by atoms with Crippen molar-refractivity contribution in [3.8, 4) is 11.3 Å². The average Bonchev–Trinajstić information content (AvgIpc) is 3.24. The van der Waals surface area contributed by atoms with Gasteiger partial charge in [-0.25, -0.2) is 9.18 Å². The van der Waals surface area contributed by atoms with Crippen LogP contribution in [-0.2, 0) is 26.4 Å². The molecule has 1 atom stereocenters. The quantitative estimate of drug-likeness (QED) is 0.271. The van der Waals surface area contributed by atoms with Crippen molar-refractivity contribution in [3.63, 3.8) is 0 Å². The number of benzene rings is 2. The minimum absolute atomic E-state index is 0.221. The zero-order chi connectivity index (χ0) is 24.5.